The summed E-state index contributed by atoms with van der Waals surface area (Å²) < 4.78 is 1.91. The average Bonchev–Trinajstić information content (AvgIpc) is 3.17. The van der Waals surface area contributed by atoms with Crippen LogP contribution in [0.2, 0.25) is 0 Å². The van der Waals surface area contributed by atoms with Gasteiger partial charge in [0.2, 0.25) is 0 Å². The Bertz CT molecular complexity index is 648. The molecule has 2 aromatic rings. The summed E-state index contributed by atoms with van der Waals surface area (Å²) in [6.07, 6.45) is 5.19. The molecule has 0 aromatic carbocycles. The van der Waals surface area contributed by atoms with E-state index in [2.05, 4.69) is 0 Å². The van der Waals surface area contributed by atoms with E-state index in [-0.39, 0.29) is 5.91 Å². The molecule has 0 bridgehead atoms. The second-order valence-electron chi connectivity index (χ2n) is 5.15. The van der Waals surface area contributed by atoms with Crippen molar-refractivity contribution in [1.82, 2.24) is 9.47 Å². The van der Waals surface area contributed by atoms with Gasteiger partial charge in [0.25, 0.3) is 5.91 Å². The van der Waals surface area contributed by atoms with Crippen LogP contribution >= 0.6 is 11.3 Å². The average molecular weight is 304 g/mol. The van der Waals surface area contributed by atoms with Crippen LogP contribution in [-0.4, -0.2) is 39.5 Å². The molecule has 3 heterocycles. The number of hydrogen-bond donors (Lipinski definition) is 1. The Morgan fingerprint density at radius 3 is 2.76 bits per heavy atom. The topological polar surface area (TPSA) is 62.5 Å². The van der Waals surface area contributed by atoms with Gasteiger partial charge in [-0.05, 0) is 36.4 Å². The summed E-state index contributed by atoms with van der Waals surface area (Å²) >= 11 is 1.40. The molecule has 0 aliphatic carbocycles. The zero-order valence-electron chi connectivity index (χ0n) is 11.4. The highest BCUT2D eigenvalue weighted by atomic mass is 32.1. The van der Waals surface area contributed by atoms with Gasteiger partial charge < -0.3 is 14.6 Å². The molecule has 0 saturated carbocycles. The standard InChI is InChI=1S/C15H16N2O3S/c18-14(17-8-3-4-11(10-17)15(19)20)13-12(5-9-21-13)16-6-1-2-7-16/h1-2,5-7,9,11H,3-4,8,10H2,(H,19,20). The summed E-state index contributed by atoms with van der Waals surface area (Å²) in [5, 5.41) is 11.0. The van der Waals surface area contributed by atoms with E-state index < -0.39 is 11.9 Å². The van der Waals surface area contributed by atoms with Gasteiger partial charge in [-0.2, -0.15) is 0 Å². The number of rotatable bonds is 3. The molecule has 1 fully saturated rings. The summed E-state index contributed by atoms with van der Waals surface area (Å²) in [5.41, 5.74) is 0.854. The predicted octanol–water partition coefficient (Wildman–Crippen LogP) is 2.48. The summed E-state index contributed by atoms with van der Waals surface area (Å²) in [4.78, 5) is 26.1. The van der Waals surface area contributed by atoms with E-state index in [1.54, 1.807) is 4.90 Å². The van der Waals surface area contributed by atoms with Crippen molar-refractivity contribution in [2.45, 2.75) is 12.8 Å². The second kappa shape index (κ2) is 5.73. The molecule has 3 rings (SSSR count). The van der Waals surface area contributed by atoms with Crippen LogP contribution in [0.15, 0.2) is 36.0 Å². The van der Waals surface area contributed by atoms with Gasteiger partial charge in [-0.1, -0.05) is 0 Å². The van der Waals surface area contributed by atoms with Crippen LogP contribution in [0.4, 0.5) is 0 Å². The van der Waals surface area contributed by atoms with Gasteiger partial charge in [0, 0.05) is 25.5 Å². The molecule has 1 saturated heterocycles. The lowest BCUT2D eigenvalue weighted by Gasteiger charge is -2.30. The van der Waals surface area contributed by atoms with Crippen molar-refractivity contribution in [2.24, 2.45) is 5.92 Å². The Kier molecular flexibility index (Phi) is 3.79. The highest BCUT2D eigenvalue weighted by Gasteiger charge is 2.30. The Morgan fingerprint density at radius 1 is 1.29 bits per heavy atom. The van der Waals surface area contributed by atoms with Gasteiger partial charge in [-0.25, -0.2) is 0 Å². The molecule has 1 aliphatic heterocycles. The van der Waals surface area contributed by atoms with Crippen molar-refractivity contribution < 1.29 is 14.7 Å². The molecular formula is C15H16N2O3S. The number of carbonyl (C=O) groups excluding carboxylic acids is 1. The quantitative estimate of drug-likeness (QED) is 0.947. The summed E-state index contributed by atoms with van der Waals surface area (Å²) in [6, 6.07) is 5.73. The maximum absolute atomic E-state index is 12.7. The van der Waals surface area contributed by atoms with Gasteiger partial charge in [-0.15, -0.1) is 11.3 Å². The van der Waals surface area contributed by atoms with Gasteiger partial charge in [0.1, 0.15) is 4.88 Å². The van der Waals surface area contributed by atoms with Gasteiger partial charge in [-0.3, -0.25) is 9.59 Å². The minimum absolute atomic E-state index is 0.0698. The van der Waals surface area contributed by atoms with Crippen molar-refractivity contribution in [2.75, 3.05) is 13.1 Å². The van der Waals surface area contributed by atoms with Gasteiger partial charge in [0.15, 0.2) is 0 Å². The first-order valence-electron chi connectivity index (χ1n) is 6.89. The van der Waals surface area contributed by atoms with Crippen LogP contribution in [0.3, 0.4) is 0 Å². The molecule has 0 spiro atoms. The predicted molar refractivity (Wildman–Crippen MR) is 79.9 cm³/mol. The first kappa shape index (κ1) is 13.9. The number of nitrogens with zero attached hydrogens (tertiary/aromatic N) is 2. The number of aliphatic carboxylic acids is 1. The van der Waals surface area contributed by atoms with Crippen LogP contribution in [-0.2, 0) is 4.79 Å². The lowest BCUT2D eigenvalue weighted by Crippen LogP contribution is -2.42. The number of hydrogen-bond acceptors (Lipinski definition) is 3. The fraction of sp³-hybridized carbons (Fsp3) is 0.333. The van der Waals surface area contributed by atoms with E-state index >= 15 is 0 Å². The normalized spacial score (nSPS) is 18.7. The zero-order chi connectivity index (χ0) is 14.8. The molecule has 21 heavy (non-hydrogen) atoms. The second-order valence-corrected chi connectivity index (χ2v) is 6.07. The molecule has 1 amide bonds. The van der Waals surface area contributed by atoms with E-state index in [0.29, 0.717) is 24.4 Å². The van der Waals surface area contributed by atoms with E-state index in [1.165, 1.54) is 11.3 Å². The Labute approximate surface area is 126 Å². The van der Waals surface area contributed by atoms with E-state index in [0.717, 1.165) is 12.1 Å². The monoisotopic (exact) mass is 304 g/mol. The molecule has 2 aromatic heterocycles. The Balaban J connectivity index is 1.83. The highest BCUT2D eigenvalue weighted by Crippen LogP contribution is 2.26. The fourth-order valence-corrected chi connectivity index (χ4v) is 3.52. The molecular weight excluding hydrogens is 288 g/mol. The molecule has 1 atom stereocenters. The number of likely N-dealkylation sites (tertiary alicyclic amines) is 1. The van der Waals surface area contributed by atoms with Crippen LogP contribution < -0.4 is 0 Å². The smallest absolute Gasteiger partial charge is 0.308 e. The minimum atomic E-state index is -0.815. The van der Waals surface area contributed by atoms with Gasteiger partial charge in [0.05, 0.1) is 11.6 Å². The minimum Gasteiger partial charge on any atom is -0.481 e. The largest absolute Gasteiger partial charge is 0.481 e. The fourth-order valence-electron chi connectivity index (χ4n) is 2.67. The first-order valence-corrected chi connectivity index (χ1v) is 7.77. The number of carboxylic acid groups (broad SMARTS) is 1. The summed E-state index contributed by atoms with van der Waals surface area (Å²) in [7, 11) is 0. The van der Waals surface area contributed by atoms with Crippen molar-refractivity contribution in [3.8, 4) is 5.69 Å². The third-order valence-electron chi connectivity index (χ3n) is 3.78. The molecule has 0 radical (unpaired) electrons. The van der Waals surface area contributed by atoms with E-state index in [1.807, 2.05) is 40.5 Å². The zero-order valence-corrected chi connectivity index (χ0v) is 12.3. The van der Waals surface area contributed by atoms with Crippen molar-refractivity contribution in [3.05, 3.63) is 40.8 Å². The molecule has 1 aliphatic rings. The lowest BCUT2D eigenvalue weighted by atomic mass is 9.98. The third-order valence-corrected chi connectivity index (χ3v) is 4.67. The SMILES string of the molecule is O=C(O)C1CCCN(C(=O)c2sccc2-n2cccc2)C1. The number of thiophene rings is 1. The van der Waals surface area contributed by atoms with E-state index in [4.69, 9.17) is 5.11 Å². The first-order chi connectivity index (χ1) is 10.2. The lowest BCUT2D eigenvalue weighted by molar-refractivity contribution is -0.143. The summed E-state index contributed by atoms with van der Waals surface area (Å²) in [5.74, 6) is -1.33. The van der Waals surface area contributed by atoms with Crippen LogP contribution in [0.5, 0.6) is 0 Å². The molecule has 110 valence electrons. The molecule has 5 nitrogen and oxygen atoms in total. The van der Waals surface area contributed by atoms with E-state index in [9.17, 15) is 9.59 Å². The van der Waals surface area contributed by atoms with Crippen LogP contribution in [0.25, 0.3) is 5.69 Å². The van der Waals surface area contributed by atoms with Crippen LogP contribution in [0.1, 0.15) is 22.5 Å². The third kappa shape index (κ3) is 2.71. The maximum Gasteiger partial charge on any atom is 0.308 e. The Morgan fingerprint density at radius 2 is 2.05 bits per heavy atom. The van der Waals surface area contributed by atoms with Crippen LogP contribution in [0, 0.1) is 5.92 Å². The Hall–Kier alpha value is -2.08. The van der Waals surface area contributed by atoms with Crippen molar-refractivity contribution in [1.29, 1.82) is 0 Å². The number of carbonyl (C=O) groups is 2. The molecule has 1 unspecified atom stereocenters. The molecule has 1 N–H and O–H groups in total. The highest BCUT2D eigenvalue weighted by molar-refractivity contribution is 7.12. The molecule has 6 heteroatoms. The number of aromatic nitrogens is 1. The maximum atomic E-state index is 12.7. The number of carboxylic acids is 1. The number of amides is 1. The van der Waals surface area contributed by atoms with Crippen molar-refractivity contribution in [3.63, 3.8) is 0 Å². The number of piperidine rings is 1. The summed E-state index contributed by atoms with van der Waals surface area (Å²) in [6.45, 7) is 0.933. The van der Waals surface area contributed by atoms with Gasteiger partial charge >= 0.3 is 5.97 Å². The van der Waals surface area contributed by atoms with Crippen molar-refractivity contribution >= 4 is 23.2 Å².